The maximum Gasteiger partial charge on any atom is 0.280 e. The van der Waals surface area contributed by atoms with Gasteiger partial charge in [0.25, 0.3) is 5.91 Å². The van der Waals surface area contributed by atoms with E-state index in [9.17, 15) is 4.79 Å². The Labute approximate surface area is 203 Å². The van der Waals surface area contributed by atoms with Crippen LogP contribution in [0.4, 0.5) is 0 Å². The molecule has 3 heterocycles. The van der Waals surface area contributed by atoms with Crippen LogP contribution in [-0.2, 0) is 12.8 Å². The SMILES string of the molecule is C=C1/C=C\C(c2ncnc3[nH]ncc23)=C/CCCCC1NC(=O)c1nc2c(s1)CC(C)(C)CC2. The van der Waals surface area contributed by atoms with E-state index in [1.54, 1.807) is 23.9 Å². The number of aromatic nitrogens is 5. The number of carbonyl (C=O) groups excluding carboxylic acids is 1. The maximum absolute atomic E-state index is 13.1. The molecule has 1 atom stereocenters. The van der Waals surface area contributed by atoms with Crippen molar-refractivity contribution in [3.63, 3.8) is 0 Å². The van der Waals surface area contributed by atoms with Crippen molar-refractivity contribution in [3.8, 4) is 0 Å². The van der Waals surface area contributed by atoms with Gasteiger partial charge >= 0.3 is 0 Å². The first kappa shape index (κ1) is 22.7. The van der Waals surface area contributed by atoms with Crippen LogP contribution in [-0.4, -0.2) is 37.1 Å². The Morgan fingerprint density at radius 1 is 1.26 bits per heavy atom. The number of amides is 1. The second-order valence-corrected chi connectivity index (χ2v) is 11.0. The molecule has 2 aliphatic rings. The first-order valence-corrected chi connectivity index (χ1v) is 12.7. The number of nitrogens with zero attached hydrogens (tertiary/aromatic N) is 4. The molecule has 34 heavy (non-hydrogen) atoms. The Kier molecular flexibility index (Phi) is 6.16. The van der Waals surface area contributed by atoms with Crippen LogP contribution in [0.15, 0.2) is 42.9 Å². The van der Waals surface area contributed by atoms with Crippen LogP contribution in [0.5, 0.6) is 0 Å². The van der Waals surface area contributed by atoms with Gasteiger partial charge in [-0.25, -0.2) is 15.0 Å². The highest BCUT2D eigenvalue weighted by atomic mass is 32.1. The number of allylic oxidation sites excluding steroid dienone is 3. The molecule has 0 aliphatic heterocycles. The molecule has 8 heteroatoms. The number of carbonyl (C=O) groups is 1. The van der Waals surface area contributed by atoms with Gasteiger partial charge in [0.1, 0.15) is 6.33 Å². The van der Waals surface area contributed by atoms with Gasteiger partial charge in [0.2, 0.25) is 0 Å². The van der Waals surface area contributed by atoms with E-state index in [1.807, 2.05) is 12.2 Å². The summed E-state index contributed by atoms with van der Waals surface area (Å²) in [7, 11) is 0. The quantitative estimate of drug-likeness (QED) is 0.544. The highest BCUT2D eigenvalue weighted by molar-refractivity contribution is 7.13. The van der Waals surface area contributed by atoms with E-state index in [1.165, 1.54) is 4.88 Å². The molecule has 0 aromatic carbocycles. The van der Waals surface area contributed by atoms with Gasteiger partial charge in [-0.3, -0.25) is 9.89 Å². The number of aryl methyl sites for hydroxylation is 1. The van der Waals surface area contributed by atoms with Crippen molar-refractivity contribution in [1.82, 2.24) is 30.5 Å². The van der Waals surface area contributed by atoms with Crippen molar-refractivity contribution in [2.75, 3.05) is 0 Å². The lowest BCUT2D eigenvalue weighted by Crippen LogP contribution is -2.35. The number of aromatic amines is 1. The van der Waals surface area contributed by atoms with Gasteiger partial charge < -0.3 is 5.32 Å². The highest BCUT2D eigenvalue weighted by Gasteiger charge is 2.29. The zero-order valence-electron chi connectivity index (χ0n) is 19.7. The van der Waals surface area contributed by atoms with Gasteiger partial charge in [-0.15, -0.1) is 11.3 Å². The van der Waals surface area contributed by atoms with Gasteiger partial charge in [-0.1, -0.05) is 45.1 Å². The lowest BCUT2D eigenvalue weighted by atomic mass is 9.79. The molecule has 2 N–H and O–H groups in total. The monoisotopic (exact) mass is 474 g/mol. The summed E-state index contributed by atoms with van der Waals surface area (Å²) in [5.41, 5.74) is 4.83. The fraction of sp³-hybridized carbons (Fsp3) is 0.423. The first-order chi connectivity index (χ1) is 16.4. The molecule has 0 saturated carbocycles. The minimum atomic E-state index is -0.125. The Morgan fingerprint density at radius 2 is 2.15 bits per heavy atom. The minimum absolute atomic E-state index is 0.0968. The lowest BCUT2D eigenvalue weighted by Gasteiger charge is -2.28. The van der Waals surface area contributed by atoms with Crippen LogP contribution in [0.3, 0.4) is 0 Å². The topological polar surface area (TPSA) is 96.5 Å². The summed E-state index contributed by atoms with van der Waals surface area (Å²) < 4.78 is 0. The molecule has 7 nitrogen and oxygen atoms in total. The molecule has 0 spiro atoms. The highest BCUT2D eigenvalue weighted by Crippen LogP contribution is 2.37. The molecule has 2 aliphatic carbocycles. The van der Waals surface area contributed by atoms with E-state index < -0.39 is 0 Å². The Balaban J connectivity index is 1.34. The standard InChI is InChI=1S/C26H30N6OS/c1-16-9-10-17(22-18-14-29-32-23(18)28-15-27-22)7-5-4-6-8-19(16)30-24(33)25-31-20-11-12-26(2,3)13-21(20)34-25/h7,9-10,14-15,19H,1,4-6,8,11-13H2,2-3H3,(H,30,33)(H,27,28,29,32)/b10-9-,17-7+. The maximum atomic E-state index is 13.1. The van der Waals surface area contributed by atoms with E-state index >= 15 is 0 Å². The zero-order valence-corrected chi connectivity index (χ0v) is 20.5. The fourth-order valence-electron chi connectivity index (χ4n) is 4.67. The predicted octanol–water partition coefficient (Wildman–Crippen LogP) is 5.19. The molecular weight excluding hydrogens is 444 g/mol. The van der Waals surface area contributed by atoms with E-state index in [-0.39, 0.29) is 17.4 Å². The average Bonchev–Trinajstić information content (AvgIpc) is 3.45. The molecule has 1 amide bonds. The third-order valence-corrected chi connectivity index (χ3v) is 7.81. The van der Waals surface area contributed by atoms with E-state index in [0.29, 0.717) is 5.01 Å². The summed E-state index contributed by atoms with van der Waals surface area (Å²) in [5.74, 6) is -0.0968. The number of rotatable bonds is 3. The number of nitrogens with one attached hydrogen (secondary N) is 2. The van der Waals surface area contributed by atoms with Crippen LogP contribution in [0.2, 0.25) is 0 Å². The van der Waals surface area contributed by atoms with Crippen LogP contribution < -0.4 is 5.32 Å². The molecule has 0 saturated heterocycles. The summed E-state index contributed by atoms with van der Waals surface area (Å²) >= 11 is 1.55. The summed E-state index contributed by atoms with van der Waals surface area (Å²) in [5, 5.41) is 11.7. The van der Waals surface area contributed by atoms with Gasteiger partial charge in [0.05, 0.1) is 29.0 Å². The number of thiazole rings is 1. The summed E-state index contributed by atoms with van der Waals surface area (Å²) in [4.78, 5) is 27.8. The van der Waals surface area contributed by atoms with Crippen molar-refractivity contribution in [1.29, 1.82) is 0 Å². The summed E-state index contributed by atoms with van der Waals surface area (Å²) in [6, 6.07) is -0.125. The Morgan fingerprint density at radius 3 is 3.03 bits per heavy atom. The van der Waals surface area contributed by atoms with Crippen LogP contribution >= 0.6 is 11.3 Å². The average molecular weight is 475 g/mol. The van der Waals surface area contributed by atoms with Crippen molar-refractivity contribution in [3.05, 3.63) is 64.2 Å². The third-order valence-electron chi connectivity index (χ3n) is 6.71. The molecule has 0 bridgehead atoms. The fourth-order valence-corrected chi connectivity index (χ4v) is 5.94. The van der Waals surface area contributed by atoms with E-state index in [4.69, 9.17) is 0 Å². The molecular formula is C26H30N6OS. The zero-order chi connectivity index (χ0) is 23.7. The van der Waals surface area contributed by atoms with Gasteiger partial charge in [-0.2, -0.15) is 5.10 Å². The van der Waals surface area contributed by atoms with Crippen molar-refractivity contribution >= 4 is 33.9 Å². The van der Waals surface area contributed by atoms with Gasteiger partial charge in [0, 0.05) is 4.88 Å². The summed E-state index contributed by atoms with van der Waals surface area (Å²) in [6.45, 7) is 8.85. The van der Waals surface area contributed by atoms with Crippen LogP contribution in [0.1, 0.15) is 72.0 Å². The molecule has 0 fully saturated rings. The number of hydrogen-bond donors (Lipinski definition) is 2. The smallest absolute Gasteiger partial charge is 0.280 e. The van der Waals surface area contributed by atoms with Crippen LogP contribution in [0, 0.1) is 5.41 Å². The van der Waals surface area contributed by atoms with Crippen molar-refractivity contribution in [2.45, 2.75) is 64.8 Å². The van der Waals surface area contributed by atoms with Crippen LogP contribution in [0.25, 0.3) is 16.6 Å². The minimum Gasteiger partial charge on any atom is -0.343 e. The molecule has 5 rings (SSSR count). The molecule has 3 aromatic heterocycles. The van der Waals surface area contributed by atoms with E-state index in [2.05, 4.69) is 57.0 Å². The first-order valence-electron chi connectivity index (χ1n) is 11.9. The third kappa shape index (κ3) is 4.73. The Bertz CT molecular complexity index is 1300. The lowest BCUT2D eigenvalue weighted by molar-refractivity contribution is 0.0940. The molecule has 3 aromatic rings. The molecule has 0 radical (unpaired) electrons. The molecule has 1 unspecified atom stereocenters. The number of fused-ring (bicyclic) bond motifs is 2. The number of H-pyrrole nitrogens is 1. The largest absolute Gasteiger partial charge is 0.343 e. The summed E-state index contributed by atoms with van der Waals surface area (Å²) in [6.07, 6.45) is 16.4. The van der Waals surface area contributed by atoms with Crippen molar-refractivity contribution < 1.29 is 4.79 Å². The predicted molar refractivity (Wildman–Crippen MR) is 136 cm³/mol. The second-order valence-electron chi connectivity index (χ2n) is 9.96. The van der Waals surface area contributed by atoms with Gasteiger partial charge in [0.15, 0.2) is 10.7 Å². The molecule has 176 valence electrons. The second kappa shape index (κ2) is 9.25. The Hall–Kier alpha value is -3.13. The van der Waals surface area contributed by atoms with Gasteiger partial charge in [-0.05, 0) is 55.1 Å². The van der Waals surface area contributed by atoms with Crippen molar-refractivity contribution in [2.24, 2.45) is 5.41 Å². The van der Waals surface area contributed by atoms with E-state index in [0.717, 1.165) is 78.5 Å². The number of hydrogen-bond acceptors (Lipinski definition) is 6. The normalized spacial score (nSPS) is 23.1.